The number of methoxy groups -OCH3 is 1. The number of nitrogens with zero attached hydrogens (tertiary/aromatic N) is 3. The van der Waals surface area contributed by atoms with Crippen LogP contribution in [0.5, 0.6) is 0 Å². The van der Waals surface area contributed by atoms with Crippen molar-refractivity contribution in [2.75, 3.05) is 20.8 Å². The van der Waals surface area contributed by atoms with Crippen LogP contribution in [-0.2, 0) is 33.8 Å². The highest BCUT2D eigenvalue weighted by molar-refractivity contribution is 7.09. The SMILES string of the molecule is COCC(NC(=O)N(C)Cc1csc(C(C)C)n1)C(=O)NC(CCC(Cc1ccccc1)NC(=O)OCc1cncs1)CC1=CCC(C)C=C1. The molecule has 0 saturated carbocycles. The first-order valence-electron chi connectivity index (χ1n) is 17.1. The quantitative estimate of drug-likeness (QED) is 0.135. The van der Waals surface area contributed by atoms with Crippen molar-refractivity contribution in [3.05, 3.63) is 92.4 Å². The van der Waals surface area contributed by atoms with Gasteiger partial charge in [-0.3, -0.25) is 9.78 Å². The van der Waals surface area contributed by atoms with Crippen LogP contribution in [0.1, 0.15) is 73.5 Å². The van der Waals surface area contributed by atoms with Gasteiger partial charge >= 0.3 is 12.1 Å². The number of aromatic nitrogens is 2. The molecule has 50 heavy (non-hydrogen) atoms. The van der Waals surface area contributed by atoms with Crippen molar-refractivity contribution in [2.24, 2.45) is 5.92 Å². The number of rotatable bonds is 18. The average molecular weight is 723 g/mol. The van der Waals surface area contributed by atoms with E-state index >= 15 is 0 Å². The minimum atomic E-state index is -0.907. The Bertz CT molecular complexity index is 1560. The van der Waals surface area contributed by atoms with Gasteiger partial charge in [0.05, 0.1) is 34.2 Å². The molecule has 4 atom stereocenters. The van der Waals surface area contributed by atoms with Crippen molar-refractivity contribution in [1.82, 2.24) is 30.8 Å². The predicted molar refractivity (Wildman–Crippen MR) is 198 cm³/mol. The van der Waals surface area contributed by atoms with E-state index in [1.165, 1.54) is 23.3 Å². The molecule has 270 valence electrons. The number of carbonyl (C=O) groups excluding carboxylic acids is 3. The standard InChI is InChI=1S/C37H50N6O5S2/c1-25(2)35-40-31(23-49-35)20-43(4)36(45)42-33(22-47-5)34(44)39-29(18-28-13-11-26(3)12-14-28)15-16-30(17-27-9-7-6-8-10-27)41-37(46)48-21-32-19-38-24-50-32/h6-11,13-14,19,23-26,29-30,33H,12,15-18,20-22H2,1-5H3,(H,39,44)(H,41,46)(H,42,45). The fraction of sp³-hybridized carbons (Fsp3) is 0.486. The van der Waals surface area contributed by atoms with Crippen LogP contribution < -0.4 is 16.0 Å². The zero-order chi connectivity index (χ0) is 35.9. The minimum Gasteiger partial charge on any atom is -0.444 e. The summed E-state index contributed by atoms with van der Waals surface area (Å²) in [6, 6.07) is 8.16. The van der Waals surface area contributed by atoms with E-state index in [0.29, 0.717) is 44.1 Å². The lowest BCUT2D eigenvalue weighted by molar-refractivity contribution is -0.125. The largest absolute Gasteiger partial charge is 0.444 e. The maximum Gasteiger partial charge on any atom is 0.407 e. The van der Waals surface area contributed by atoms with Crippen LogP contribution in [0.15, 0.2) is 71.2 Å². The highest BCUT2D eigenvalue weighted by atomic mass is 32.1. The summed E-state index contributed by atoms with van der Waals surface area (Å²) < 4.78 is 10.9. The Morgan fingerprint density at radius 1 is 1.04 bits per heavy atom. The Labute approximate surface area is 303 Å². The number of benzene rings is 1. The van der Waals surface area contributed by atoms with Crippen molar-refractivity contribution < 1.29 is 23.9 Å². The zero-order valence-electron chi connectivity index (χ0n) is 29.6. The topological polar surface area (TPSA) is 135 Å². The fourth-order valence-electron chi connectivity index (χ4n) is 5.50. The Hall–Kier alpha value is -4.07. The zero-order valence-corrected chi connectivity index (χ0v) is 31.2. The molecule has 4 rings (SSSR count). The van der Waals surface area contributed by atoms with Gasteiger partial charge in [0.1, 0.15) is 12.6 Å². The third kappa shape index (κ3) is 13.0. The Kier molecular flexibility index (Phi) is 15.5. The average Bonchev–Trinajstić information content (AvgIpc) is 3.80. The highest BCUT2D eigenvalue weighted by Crippen LogP contribution is 2.22. The molecule has 0 radical (unpaired) electrons. The number of allylic oxidation sites excluding steroid dienone is 3. The van der Waals surface area contributed by atoms with E-state index in [2.05, 4.69) is 64.9 Å². The number of nitrogens with one attached hydrogen (secondary N) is 3. The van der Waals surface area contributed by atoms with Crippen LogP contribution in [0.2, 0.25) is 0 Å². The molecule has 3 aromatic rings. The van der Waals surface area contributed by atoms with Gasteiger partial charge in [0.15, 0.2) is 0 Å². The number of hydrogen-bond acceptors (Lipinski definition) is 9. The molecule has 0 bridgehead atoms. The molecule has 0 saturated heterocycles. The fourth-order valence-corrected chi connectivity index (χ4v) is 6.84. The lowest BCUT2D eigenvalue weighted by Crippen LogP contribution is -2.54. The van der Waals surface area contributed by atoms with Crippen molar-refractivity contribution in [1.29, 1.82) is 0 Å². The third-order valence-corrected chi connectivity index (χ3v) is 10.3. The normalized spacial score (nSPS) is 15.9. The summed E-state index contributed by atoms with van der Waals surface area (Å²) >= 11 is 3.00. The van der Waals surface area contributed by atoms with Gasteiger partial charge < -0.3 is 30.3 Å². The lowest BCUT2D eigenvalue weighted by atomic mass is 9.91. The third-order valence-electron chi connectivity index (χ3n) is 8.32. The van der Waals surface area contributed by atoms with Crippen molar-refractivity contribution in [3.63, 3.8) is 0 Å². The van der Waals surface area contributed by atoms with Gasteiger partial charge in [-0.15, -0.1) is 22.7 Å². The van der Waals surface area contributed by atoms with Crippen molar-refractivity contribution in [2.45, 2.75) is 90.1 Å². The summed E-state index contributed by atoms with van der Waals surface area (Å²) in [4.78, 5) is 50.9. The van der Waals surface area contributed by atoms with Gasteiger partial charge in [-0.05, 0) is 43.6 Å². The molecule has 1 aliphatic carbocycles. The summed E-state index contributed by atoms with van der Waals surface area (Å²) in [5.74, 6) is 0.438. The van der Waals surface area contributed by atoms with Crippen LogP contribution >= 0.6 is 22.7 Å². The summed E-state index contributed by atoms with van der Waals surface area (Å²) in [7, 11) is 3.18. The molecule has 2 heterocycles. The molecule has 2 aromatic heterocycles. The summed E-state index contributed by atoms with van der Waals surface area (Å²) in [6.45, 7) is 6.82. The number of ether oxygens (including phenoxy) is 2. The Morgan fingerprint density at radius 3 is 2.44 bits per heavy atom. The van der Waals surface area contributed by atoms with E-state index in [1.807, 2.05) is 35.7 Å². The molecule has 1 aromatic carbocycles. The molecular weight excluding hydrogens is 673 g/mol. The highest BCUT2D eigenvalue weighted by Gasteiger charge is 2.27. The number of urea groups is 1. The van der Waals surface area contributed by atoms with Crippen molar-refractivity contribution >= 4 is 40.7 Å². The number of amides is 4. The second kappa shape index (κ2) is 19.9. The molecule has 0 spiro atoms. The van der Waals surface area contributed by atoms with Gasteiger partial charge in [0.25, 0.3) is 0 Å². The Morgan fingerprint density at radius 2 is 1.80 bits per heavy atom. The van der Waals surface area contributed by atoms with Gasteiger partial charge in [-0.25, -0.2) is 14.6 Å². The molecule has 4 unspecified atom stereocenters. The van der Waals surface area contributed by atoms with Crippen molar-refractivity contribution in [3.8, 4) is 0 Å². The molecule has 0 fully saturated rings. The maximum absolute atomic E-state index is 13.8. The molecule has 13 heteroatoms. The van der Waals surface area contributed by atoms with E-state index in [9.17, 15) is 14.4 Å². The smallest absolute Gasteiger partial charge is 0.407 e. The lowest BCUT2D eigenvalue weighted by Gasteiger charge is -2.27. The number of carbonyl (C=O) groups is 3. The molecule has 0 aliphatic heterocycles. The van der Waals surface area contributed by atoms with Gasteiger partial charge in [-0.1, -0.05) is 74.9 Å². The maximum atomic E-state index is 13.8. The van der Waals surface area contributed by atoms with E-state index in [1.54, 1.807) is 30.1 Å². The van der Waals surface area contributed by atoms with E-state index in [-0.39, 0.29) is 31.2 Å². The van der Waals surface area contributed by atoms with E-state index in [0.717, 1.165) is 33.1 Å². The number of thiazole rings is 2. The first-order chi connectivity index (χ1) is 24.1. The van der Waals surface area contributed by atoms with E-state index < -0.39 is 18.2 Å². The van der Waals surface area contributed by atoms with Crippen LogP contribution in [-0.4, -0.2) is 71.8 Å². The summed E-state index contributed by atoms with van der Waals surface area (Å²) in [6.07, 6.45) is 11.0. The molecule has 4 amide bonds. The molecular formula is C37H50N6O5S2. The summed E-state index contributed by atoms with van der Waals surface area (Å²) in [5, 5.41) is 12.1. The monoisotopic (exact) mass is 722 g/mol. The Balaban J connectivity index is 1.43. The second-order valence-electron chi connectivity index (χ2n) is 13.1. The van der Waals surface area contributed by atoms with Crippen LogP contribution in [0.3, 0.4) is 0 Å². The van der Waals surface area contributed by atoms with Gasteiger partial charge in [0.2, 0.25) is 5.91 Å². The summed E-state index contributed by atoms with van der Waals surface area (Å²) in [5.41, 5.74) is 4.73. The van der Waals surface area contributed by atoms with Gasteiger partial charge in [0, 0.05) is 43.7 Å². The number of hydrogen-bond donors (Lipinski definition) is 3. The first kappa shape index (κ1) is 38.7. The number of alkyl carbamates (subject to hydrolysis) is 1. The van der Waals surface area contributed by atoms with Gasteiger partial charge in [-0.2, -0.15) is 0 Å². The molecule has 1 aliphatic rings. The van der Waals surface area contributed by atoms with Crippen LogP contribution in [0.25, 0.3) is 0 Å². The first-order valence-corrected chi connectivity index (χ1v) is 18.8. The minimum absolute atomic E-state index is 0.0102. The van der Waals surface area contributed by atoms with Crippen LogP contribution in [0.4, 0.5) is 9.59 Å². The molecule has 11 nitrogen and oxygen atoms in total. The van der Waals surface area contributed by atoms with E-state index in [4.69, 9.17) is 9.47 Å². The van der Waals surface area contributed by atoms with Crippen LogP contribution in [0, 0.1) is 5.92 Å². The second-order valence-corrected chi connectivity index (χ2v) is 14.9. The predicted octanol–water partition coefficient (Wildman–Crippen LogP) is 6.59. The molecule has 3 N–H and O–H groups in total.